The number of rotatable bonds is 4. The lowest BCUT2D eigenvalue weighted by Crippen LogP contribution is -2.44. The Kier molecular flexibility index (Phi) is 5.92. The number of likely N-dealkylation sites (tertiary alicyclic amines) is 1. The van der Waals surface area contributed by atoms with E-state index < -0.39 is 12.1 Å². The highest BCUT2D eigenvalue weighted by Crippen LogP contribution is 2.31. The summed E-state index contributed by atoms with van der Waals surface area (Å²) in [4.78, 5) is 14.7. The monoisotopic (exact) mass is 430 g/mol. The molecule has 2 amide bonds. The van der Waals surface area contributed by atoms with E-state index in [1.54, 1.807) is 24.3 Å². The predicted octanol–water partition coefficient (Wildman–Crippen LogP) is 5.19. The van der Waals surface area contributed by atoms with Crippen molar-refractivity contribution in [2.75, 3.05) is 6.54 Å². The molecule has 0 spiro atoms. The summed E-state index contributed by atoms with van der Waals surface area (Å²) in [6, 6.07) is 16.5. The van der Waals surface area contributed by atoms with E-state index in [9.17, 15) is 18.0 Å². The number of urea groups is 1. The molecule has 1 aliphatic heterocycles. The van der Waals surface area contributed by atoms with Crippen LogP contribution >= 0.6 is 0 Å². The molecule has 2 heterocycles. The fourth-order valence-electron chi connectivity index (χ4n) is 3.70. The summed E-state index contributed by atoms with van der Waals surface area (Å²) in [6.45, 7) is 0.998. The Morgan fingerprint density at radius 3 is 2.48 bits per heavy atom. The molecule has 3 aromatic rings. The van der Waals surface area contributed by atoms with E-state index in [1.165, 1.54) is 0 Å². The van der Waals surface area contributed by atoms with E-state index in [4.69, 9.17) is 0 Å². The standard InChI is InChI=1S/C22H21F3N4O2/c23-22(24,25)20-28-27-19(31-20)17-11-9-15(10-12-17)14-26-21(30)29-13-5-4-8-18(29)16-6-2-1-3-7-16/h1-3,6-7,9-12,18H,4-5,8,13-14H2,(H,26,30). The number of hydrogen-bond donors (Lipinski definition) is 1. The maximum atomic E-state index is 12.8. The third kappa shape index (κ3) is 4.87. The van der Waals surface area contributed by atoms with Gasteiger partial charge in [0.1, 0.15) is 0 Å². The molecule has 0 bridgehead atoms. The summed E-state index contributed by atoms with van der Waals surface area (Å²) < 4.78 is 42.5. The molecular formula is C22H21F3N4O2. The zero-order valence-corrected chi connectivity index (χ0v) is 16.6. The SMILES string of the molecule is O=C(NCc1ccc(-c2nnc(C(F)(F)F)o2)cc1)N1CCCCC1c1ccccc1. The number of aromatic nitrogens is 2. The van der Waals surface area contributed by atoms with Crippen molar-refractivity contribution >= 4 is 6.03 Å². The van der Waals surface area contributed by atoms with Gasteiger partial charge in [0.25, 0.3) is 0 Å². The van der Waals surface area contributed by atoms with E-state index >= 15 is 0 Å². The number of alkyl halides is 3. The van der Waals surface area contributed by atoms with Crippen LogP contribution in [0.25, 0.3) is 11.5 Å². The average Bonchev–Trinajstić information content (AvgIpc) is 3.29. The number of piperidine rings is 1. The fraction of sp³-hybridized carbons (Fsp3) is 0.318. The lowest BCUT2D eigenvalue weighted by atomic mass is 9.95. The lowest BCUT2D eigenvalue weighted by Gasteiger charge is -2.36. The molecule has 9 heteroatoms. The largest absolute Gasteiger partial charge is 0.470 e. The van der Waals surface area contributed by atoms with Gasteiger partial charge in [-0.1, -0.05) is 42.5 Å². The van der Waals surface area contributed by atoms with Gasteiger partial charge >= 0.3 is 18.1 Å². The number of benzene rings is 2. The zero-order valence-electron chi connectivity index (χ0n) is 16.6. The molecule has 0 radical (unpaired) electrons. The van der Waals surface area contributed by atoms with Gasteiger partial charge in [-0.25, -0.2) is 4.79 Å². The number of nitrogens with zero attached hydrogens (tertiary/aromatic N) is 3. The predicted molar refractivity (Wildman–Crippen MR) is 107 cm³/mol. The average molecular weight is 430 g/mol. The van der Waals surface area contributed by atoms with Crippen LogP contribution in [0.3, 0.4) is 0 Å². The van der Waals surface area contributed by atoms with Gasteiger partial charge in [0.2, 0.25) is 5.89 Å². The van der Waals surface area contributed by atoms with Crippen LogP contribution in [0, 0.1) is 0 Å². The van der Waals surface area contributed by atoms with Crippen molar-refractivity contribution < 1.29 is 22.4 Å². The first-order valence-electron chi connectivity index (χ1n) is 10.0. The van der Waals surface area contributed by atoms with Crippen LogP contribution in [0.5, 0.6) is 0 Å². The summed E-state index contributed by atoms with van der Waals surface area (Å²) in [7, 11) is 0. The summed E-state index contributed by atoms with van der Waals surface area (Å²) in [5.74, 6) is -1.59. The number of nitrogens with one attached hydrogen (secondary N) is 1. The molecule has 1 fully saturated rings. The molecule has 1 N–H and O–H groups in total. The number of carbonyl (C=O) groups excluding carboxylic acids is 1. The highest BCUT2D eigenvalue weighted by atomic mass is 19.4. The summed E-state index contributed by atoms with van der Waals surface area (Å²) in [6.07, 6.45) is -1.70. The fourth-order valence-corrected chi connectivity index (χ4v) is 3.70. The molecule has 0 aliphatic carbocycles. The van der Waals surface area contributed by atoms with Crippen molar-refractivity contribution in [3.05, 3.63) is 71.6 Å². The number of carbonyl (C=O) groups is 1. The summed E-state index contributed by atoms with van der Waals surface area (Å²) in [5.41, 5.74) is 2.30. The first-order valence-corrected chi connectivity index (χ1v) is 10.0. The van der Waals surface area contributed by atoms with E-state index in [2.05, 4.69) is 19.9 Å². The smallest absolute Gasteiger partial charge is 0.413 e. The molecule has 6 nitrogen and oxygen atoms in total. The molecule has 0 saturated carbocycles. The van der Waals surface area contributed by atoms with Gasteiger partial charge in [0, 0.05) is 18.7 Å². The minimum Gasteiger partial charge on any atom is -0.413 e. The second-order valence-corrected chi connectivity index (χ2v) is 7.38. The second-order valence-electron chi connectivity index (χ2n) is 7.38. The van der Waals surface area contributed by atoms with Gasteiger partial charge in [-0.05, 0) is 42.5 Å². The second kappa shape index (κ2) is 8.79. The van der Waals surface area contributed by atoms with Crippen LogP contribution in [0.1, 0.15) is 42.3 Å². The van der Waals surface area contributed by atoms with Crippen LogP contribution in [-0.2, 0) is 12.7 Å². The molecular weight excluding hydrogens is 409 g/mol. The van der Waals surface area contributed by atoms with Crippen molar-refractivity contribution in [3.63, 3.8) is 0 Å². The third-order valence-electron chi connectivity index (χ3n) is 5.26. The van der Waals surface area contributed by atoms with Crippen molar-refractivity contribution in [1.29, 1.82) is 0 Å². The van der Waals surface area contributed by atoms with Crippen LogP contribution in [0.15, 0.2) is 59.0 Å². The maximum Gasteiger partial charge on any atom is 0.470 e. The first-order chi connectivity index (χ1) is 14.9. The van der Waals surface area contributed by atoms with Gasteiger partial charge in [-0.2, -0.15) is 13.2 Å². The van der Waals surface area contributed by atoms with Gasteiger partial charge in [-0.15, -0.1) is 10.2 Å². The summed E-state index contributed by atoms with van der Waals surface area (Å²) in [5, 5.41) is 9.41. The van der Waals surface area contributed by atoms with E-state index in [-0.39, 0.29) is 18.0 Å². The molecule has 162 valence electrons. The van der Waals surface area contributed by atoms with Crippen molar-refractivity contribution in [2.24, 2.45) is 0 Å². The first kappa shape index (κ1) is 20.9. The Morgan fingerprint density at radius 1 is 1.06 bits per heavy atom. The molecule has 1 saturated heterocycles. The molecule has 1 atom stereocenters. The summed E-state index contributed by atoms with van der Waals surface area (Å²) >= 11 is 0. The Bertz CT molecular complexity index is 1020. The van der Waals surface area contributed by atoms with E-state index in [0.717, 1.165) is 30.4 Å². The molecule has 1 aliphatic rings. The molecule has 4 rings (SSSR count). The Labute approximate surface area is 177 Å². The van der Waals surface area contributed by atoms with Crippen LogP contribution in [0.4, 0.5) is 18.0 Å². The maximum absolute atomic E-state index is 12.8. The molecule has 31 heavy (non-hydrogen) atoms. The van der Waals surface area contributed by atoms with Gasteiger partial charge in [0.05, 0.1) is 6.04 Å². The van der Waals surface area contributed by atoms with E-state index in [0.29, 0.717) is 18.7 Å². The van der Waals surface area contributed by atoms with Crippen LogP contribution < -0.4 is 5.32 Å². The Morgan fingerprint density at radius 2 is 1.81 bits per heavy atom. The minimum absolute atomic E-state index is 0.0534. The van der Waals surface area contributed by atoms with Gasteiger partial charge < -0.3 is 14.6 Å². The number of hydrogen-bond acceptors (Lipinski definition) is 4. The topological polar surface area (TPSA) is 71.3 Å². The molecule has 1 aromatic heterocycles. The third-order valence-corrected chi connectivity index (χ3v) is 5.26. The Balaban J connectivity index is 1.38. The molecule has 1 unspecified atom stereocenters. The van der Waals surface area contributed by atoms with Crippen molar-refractivity contribution in [2.45, 2.75) is 38.0 Å². The minimum atomic E-state index is -4.68. The van der Waals surface area contributed by atoms with Crippen molar-refractivity contribution in [3.8, 4) is 11.5 Å². The number of halogens is 3. The van der Waals surface area contributed by atoms with E-state index in [1.807, 2.05) is 35.2 Å². The van der Waals surface area contributed by atoms with Gasteiger partial charge in [0.15, 0.2) is 0 Å². The van der Waals surface area contributed by atoms with Gasteiger partial charge in [-0.3, -0.25) is 0 Å². The highest BCUT2D eigenvalue weighted by molar-refractivity contribution is 5.75. The Hall–Kier alpha value is -3.36. The molecule has 2 aromatic carbocycles. The lowest BCUT2D eigenvalue weighted by molar-refractivity contribution is -0.156. The zero-order chi connectivity index (χ0) is 21.8. The number of amides is 2. The van der Waals surface area contributed by atoms with Crippen LogP contribution in [0.2, 0.25) is 0 Å². The van der Waals surface area contributed by atoms with Crippen molar-refractivity contribution in [1.82, 2.24) is 20.4 Å². The van der Waals surface area contributed by atoms with Crippen LogP contribution in [-0.4, -0.2) is 27.7 Å². The quantitative estimate of drug-likeness (QED) is 0.618. The normalized spacial score (nSPS) is 16.9. The highest BCUT2D eigenvalue weighted by Gasteiger charge is 2.38.